The van der Waals surface area contributed by atoms with E-state index >= 15 is 4.39 Å². The third kappa shape index (κ3) is 3.32. The lowest BCUT2D eigenvalue weighted by Crippen LogP contribution is -2.66. The van der Waals surface area contributed by atoms with Gasteiger partial charge < -0.3 is 24.4 Å². The van der Waals surface area contributed by atoms with E-state index in [4.69, 9.17) is 9.47 Å². The van der Waals surface area contributed by atoms with Crippen molar-refractivity contribution in [1.82, 2.24) is 9.58 Å². The maximum atomic E-state index is 15.7. The van der Waals surface area contributed by atoms with E-state index in [9.17, 15) is 19.1 Å². The first-order chi connectivity index (χ1) is 18.9. The van der Waals surface area contributed by atoms with Crippen molar-refractivity contribution in [2.24, 2.45) is 0 Å². The van der Waals surface area contributed by atoms with Crippen molar-refractivity contribution in [2.75, 3.05) is 36.3 Å². The molecule has 39 heavy (non-hydrogen) atoms. The number of aromatic hydroxyl groups is 1. The van der Waals surface area contributed by atoms with Crippen LogP contribution in [0.15, 0.2) is 47.4 Å². The first kappa shape index (κ1) is 24.0. The Hall–Kier alpha value is -4.12. The highest BCUT2D eigenvalue weighted by atomic mass is 19.2. The molecular weight excluding hydrogens is 510 g/mol. The fourth-order valence-electron chi connectivity index (χ4n) is 6.37. The number of rotatable bonds is 2. The summed E-state index contributed by atoms with van der Waals surface area (Å²) in [4.78, 5) is 29.6. The van der Waals surface area contributed by atoms with Gasteiger partial charge in [-0.15, -0.1) is 0 Å². The zero-order valence-corrected chi connectivity index (χ0v) is 21.1. The molecule has 1 saturated heterocycles. The zero-order valence-electron chi connectivity index (χ0n) is 21.1. The van der Waals surface area contributed by atoms with Crippen molar-refractivity contribution < 1.29 is 28.2 Å². The molecule has 0 radical (unpaired) electrons. The van der Waals surface area contributed by atoms with Crippen LogP contribution in [0.1, 0.15) is 46.6 Å². The first-order valence-electron chi connectivity index (χ1n) is 13.0. The van der Waals surface area contributed by atoms with E-state index in [2.05, 4.69) is 4.90 Å². The lowest BCUT2D eigenvalue weighted by atomic mass is 9.92. The molecule has 202 valence electrons. The summed E-state index contributed by atoms with van der Waals surface area (Å²) >= 11 is 0. The van der Waals surface area contributed by atoms with Crippen LogP contribution >= 0.6 is 0 Å². The third-order valence-electron chi connectivity index (χ3n) is 8.25. The van der Waals surface area contributed by atoms with E-state index < -0.39 is 40.9 Å². The number of carbonyl (C=O) groups is 1. The summed E-state index contributed by atoms with van der Waals surface area (Å²) in [7, 11) is 0. The quantitative estimate of drug-likeness (QED) is 0.539. The molecule has 9 nitrogen and oxygen atoms in total. The molecule has 11 heteroatoms. The largest absolute Gasteiger partial charge is 0.502 e. The van der Waals surface area contributed by atoms with Gasteiger partial charge in [0.15, 0.2) is 23.1 Å². The number of nitrogens with zero attached hydrogens (tertiary/aromatic N) is 4. The Morgan fingerprint density at radius 3 is 2.72 bits per heavy atom. The van der Waals surface area contributed by atoms with Gasteiger partial charge in [-0.2, -0.15) is 0 Å². The molecule has 0 saturated carbocycles. The van der Waals surface area contributed by atoms with Gasteiger partial charge in [0, 0.05) is 36.5 Å². The van der Waals surface area contributed by atoms with Crippen LogP contribution in [-0.4, -0.2) is 59.2 Å². The number of hydrogen-bond acceptors (Lipinski definition) is 7. The van der Waals surface area contributed by atoms with Crippen LogP contribution < -0.4 is 20.1 Å². The van der Waals surface area contributed by atoms with E-state index in [1.54, 1.807) is 11.0 Å². The molecule has 1 unspecified atom stereocenters. The number of anilines is 1. The molecule has 2 aromatic carbocycles. The Kier molecular flexibility index (Phi) is 5.35. The van der Waals surface area contributed by atoms with Gasteiger partial charge in [-0.3, -0.25) is 19.3 Å². The van der Waals surface area contributed by atoms with Crippen LogP contribution in [0, 0.1) is 11.6 Å². The van der Waals surface area contributed by atoms with Gasteiger partial charge in [-0.25, -0.2) is 8.78 Å². The van der Waals surface area contributed by atoms with E-state index in [1.165, 1.54) is 16.9 Å². The minimum absolute atomic E-state index is 0.0719. The lowest BCUT2D eigenvalue weighted by molar-refractivity contribution is -0.0197. The Morgan fingerprint density at radius 1 is 1.05 bits per heavy atom. The van der Waals surface area contributed by atoms with Crippen molar-refractivity contribution in [3.05, 3.63) is 86.8 Å². The highest BCUT2D eigenvalue weighted by Crippen LogP contribution is 2.49. The Labute approximate surface area is 222 Å². The fraction of sp³-hybridized carbons (Fsp3) is 0.357. The molecule has 0 bridgehead atoms. The Morgan fingerprint density at radius 2 is 1.90 bits per heavy atom. The fourth-order valence-corrected chi connectivity index (χ4v) is 6.37. The number of ether oxygens (including phenoxy) is 2. The zero-order chi connectivity index (χ0) is 27.0. The van der Waals surface area contributed by atoms with Crippen LogP contribution in [0.5, 0.6) is 11.5 Å². The molecule has 0 aliphatic carbocycles. The molecular formula is C28H26F2N4O5. The molecule has 0 spiro atoms. The van der Waals surface area contributed by atoms with Crippen LogP contribution in [-0.2, 0) is 11.3 Å². The van der Waals surface area contributed by atoms with Crippen LogP contribution in [0.3, 0.4) is 0 Å². The van der Waals surface area contributed by atoms with E-state index in [0.29, 0.717) is 17.9 Å². The smallest absolute Gasteiger partial charge is 0.278 e. The molecule has 1 aromatic heterocycles. The van der Waals surface area contributed by atoms with Crippen LogP contribution in [0.2, 0.25) is 0 Å². The summed E-state index contributed by atoms with van der Waals surface area (Å²) in [6.45, 7) is 3.22. The van der Waals surface area contributed by atoms with Crippen LogP contribution in [0.25, 0.3) is 0 Å². The second-order valence-corrected chi connectivity index (χ2v) is 10.2. The van der Waals surface area contributed by atoms with Gasteiger partial charge in [0.05, 0.1) is 24.9 Å². The van der Waals surface area contributed by atoms with E-state index in [-0.39, 0.29) is 43.6 Å². The molecule has 5 heterocycles. The summed E-state index contributed by atoms with van der Waals surface area (Å²) < 4.78 is 43.8. The number of carbonyl (C=O) groups excluding carboxylic acids is 1. The van der Waals surface area contributed by atoms with Gasteiger partial charge >= 0.3 is 0 Å². The maximum absolute atomic E-state index is 15.7. The normalized spacial score (nSPS) is 23.3. The molecule has 1 N–H and O–H groups in total. The van der Waals surface area contributed by atoms with E-state index in [0.717, 1.165) is 23.7 Å². The molecule has 1 amide bonds. The number of benzene rings is 2. The van der Waals surface area contributed by atoms with Crippen molar-refractivity contribution in [2.45, 2.75) is 38.1 Å². The van der Waals surface area contributed by atoms with Crippen molar-refractivity contribution in [3.8, 4) is 11.5 Å². The minimum Gasteiger partial charge on any atom is -0.502 e. The number of pyridine rings is 1. The van der Waals surface area contributed by atoms with E-state index in [1.807, 2.05) is 30.1 Å². The number of amides is 1. The third-order valence-corrected chi connectivity index (χ3v) is 8.25. The number of morpholine rings is 1. The number of para-hydroxylation sites is 1. The molecule has 4 aliphatic heterocycles. The minimum atomic E-state index is -0.946. The average Bonchev–Trinajstić information content (AvgIpc) is 3.10. The van der Waals surface area contributed by atoms with Gasteiger partial charge in [-0.05, 0) is 24.1 Å². The van der Waals surface area contributed by atoms with Gasteiger partial charge in [-0.1, -0.05) is 25.1 Å². The molecule has 4 aliphatic rings. The van der Waals surface area contributed by atoms with Crippen molar-refractivity contribution >= 4 is 11.6 Å². The Balaban J connectivity index is 1.56. The predicted octanol–water partition coefficient (Wildman–Crippen LogP) is 2.86. The van der Waals surface area contributed by atoms with Crippen LogP contribution in [0.4, 0.5) is 14.5 Å². The summed E-state index contributed by atoms with van der Waals surface area (Å²) in [5.41, 5.74) is 1.38. The number of aromatic nitrogens is 1. The van der Waals surface area contributed by atoms with Crippen molar-refractivity contribution in [1.29, 1.82) is 0 Å². The maximum Gasteiger partial charge on any atom is 0.278 e. The number of halogens is 2. The van der Waals surface area contributed by atoms with Gasteiger partial charge in [0.25, 0.3) is 5.91 Å². The second-order valence-electron chi connectivity index (χ2n) is 10.2. The second kappa shape index (κ2) is 8.70. The predicted molar refractivity (Wildman–Crippen MR) is 137 cm³/mol. The first-order valence-corrected chi connectivity index (χ1v) is 13.0. The standard InChI is InChI=1S/C28H26F2N4O5/c1-2-15-13-39-21-5-3-4-17-24(16-6-7-19(29)23(30)18(16)12-32(15)25(17)21)34-22-14-38-11-10-31(22)28(37)26-27(36)20(35)8-9-33(26)34/h3-9,15,22,24,36H,2,10-14H2,1H3/t15?,22-,24+/m1/s1. The summed E-state index contributed by atoms with van der Waals surface area (Å²) in [6, 6.07) is 8.67. The average molecular weight is 537 g/mol. The molecule has 7 rings (SSSR count). The summed E-state index contributed by atoms with van der Waals surface area (Å²) in [5.74, 6) is -2.41. The lowest BCUT2D eigenvalue weighted by Gasteiger charge is -2.51. The summed E-state index contributed by atoms with van der Waals surface area (Å²) in [6.07, 6.45) is 1.51. The number of hydrogen-bond donors (Lipinski definition) is 1. The van der Waals surface area contributed by atoms with Gasteiger partial charge in [0.2, 0.25) is 5.43 Å². The molecule has 3 aromatic rings. The Bertz CT molecular complexity index is 1580. The van der Waals surface area contributed by atoms with Gasteiger partial charge in [0.1, 0.15) is 24.6 Å². The molecule has 3 atom stereocenters. The highest BCUT2D eigenvalue weighted by Gasteiger charge is 2.47. The monoisotopic (exact) mass is 536 g/mol. The molecule has 1 fully saturated rings. The highest BCUT2D eigenvalue weighted by molar-refractivity contribution is 5.96. The number of fused-ring (bicyclic) bond motifs is 3. The SMILES string of the molecule is CCC1COc2cccc3c2N1Cc1c(ccc(F)c1F)[C@@H]3N1[C@@H]2COCCN2C(=O)c2c(O)c(=O)ccn21. The summed E-state index contributed by atoms with van der Waals surface area (Å²) in [5, 5.41) is 12.6. The van der Waals surface area contributed by atoms with Crippen molar-refractivity contribution in [3.63, 3.8) is 0 Å². The topological polar surface area (TPSA) is 87.5 Å².